The van der Waals surface area contributed by atoms with E-state index in [0.29, 0.717) is 24.5 Å². The number of carbonyl (C=O) groups excluding carboxylic acids is 2. The van der Waals surface area contributed by atoms with Crippen LogP contribution >= 0.6 is 0 Å². The fourth-order valence-electron chi connectivity index (χ4n) is 3.14. The van der Waals surface area contributed by atoms with Crippen LogP contribution in [0.1, 0.15) is 30.5 Å². The molecule has 1 amide bonds. The van der Waals surface area contributed by atoms with Gasteiger partial charge in [0.25, 0.3) is 0 Å². The van der Waals surface area contributed by atoms with Crippen molar-refractivity contribution in [3.05, 3.63) is 59.2 Å². The second kappa shape index (κ2) is 9.21. The number of hydrogen-bond donors (Lipinski definition) is 1. The molecule has 2 rings (SSSR count). The van der Waals surface area contributed by atoms with Crippen LogP contribution < -0.4 is 15.2 Å². The largest absolute Gasteiger partial charge is 0.550 e. The second-order valence-corrected chi connectivity index (χ2v) is 6.86. The quantitative estimate of drug-likeness (QED) is 0.777. The monoisotopic (exact) mass is 368 g/mol. The van der Waals surface area contributed by atoms with E-state index in [-0.39, 0.29) is 5.91 Å². The molecular formula is C22H26NO4-. The number of anilines is 1. The molecule has 2 aromatic carbocycles. The van der Waals surface area contributed by atoms with Gasteiger partial charge in [0.1, 0.15) is 5.75 Å². The summed E-state index contributed by atoms with van der Waals surface area (Å²) in [6.07, 6.45) is 0.334. The lowest BCUT2D eigenvalue weighted by molar-refractivity contribution is -0.312. The number of ether oxygens (including phenoxy) is 1. The van der Waals surface area contributed by atoms with E-state index in [2.05, 4.69) is 5.32 Å². The summed E-state index contributed by atoms with van der Waals surface area (Å²) in [7, 11) is 0. The van der Waals surface area contributed by atoms with E-state index in [4.69, 9.17) is 4.74 Å². The van der Waals surface area contributed by atoms with Crippen molar-refractivity contribution in [2.45, 2.75) is 34.1 Å². The van der Waals surface area contributed by atoms with Crippen molar-refractivity contribution in [3.63, 3.8) is 0 Å². The van der Waals surface area contributed by atoms with Crippen molar-refractivity contribution in [3.8, 4) is 5.75 Å². The third kappa shape index (κ3) is 5.84. The maximum absolute atomic E-state index is 12.8. The van der Waals surface area contributed by atoms with Crippen LogP contribution in [0.2, 0.25) is 0 Å². The van der Waals surface area contributed by atoms with Gasteiger partial charge in [-0.3, -0.25) is 4.79 Å². The summed E-state index contributed by atoms with van der Waals surface area (Å²) in [4.78, 5) is 24.2. The molecule has 0 saturated heterocycles. The minimum atomic E-state index is -1.23. The minimum Gasteiger partial charge on any atom is -0.550 e. The molecule has 0 fully saturated rings. The molecule has 0 heterocycles. The highest BCUT2D eigenvalue weighted by atomic mass is 16.5. The van der Waals surface area contributed by atoms with Gasteiger partial charge < -0.3 is 20.0 Å². The van der Waals surface area contributed by atoms with Crippen molar-refractivity contribution in [2.24, 2.45) is 11.8 Å². The van der Waals surface area contributed by atoms with Gasteiger partial charge >= 0.3 is 0 Å². The number of carboxylic acids is 1. The van der Waals surface area contributed by atoms with Crippen LogP contribution in [0.4, 0.5) is 5.69 Å². The van der Waals surface area contributed by atoms with Crippen molar-refractivity contribution in [2.75, 3.05) is 11.9 Å². The first-order valence-corrected chi connectivity index (χ1v) is 9.12. The van der Waals surface area contributed by atoms with Crippen LogP contribution in [0.15, 0.2) is 42.5 Å². The lowest BCUT2D eigenvalue weighted by Gasteiger charge is -2.24. The van der Waals surface area contributed by atoms with Crippen LogP contribution in [0.5, 0.6) is 5.75 Å². The second-order valence-electron chi connectivity index (χ2n) is 6.86. The molecule has 0 spiro atoms. The maximum Gasteiger partial charge on any atom is 0.228 e. The molecule has 0 unspecified atom stereocenters. The Kier molecular flexibility index (Phi) is 6.99. The Balaban J connectivity index is 2.19. The Morgan fingerprint density at radius 2 is 1.67 bits per heavy atom. The number of benzene rings is 2. The van der Waals surface area contributed by atoms with Crippen molar-refractivity contribution >= 4 is 17.6 Å². The van der Waals surface area contributed by atoms with Crippen LogP contribution in [-0.2, 0) is 16.0 Å². The highest BCUT2D eigenvalue weighted by Crippen LogP contribution is 2.23. The van der Waals surface area contributed by atoms with Crippen LogP contribution in [0.25, 0.3) is 0 Å². The maximum atomic E-state index is 12.8. The normalized spacial score (nSPS) is 12.9. The number of amides is 1. The minimum absolute atomic E-state index is 0.334. The molecule has 1 N–H and O–H groups in total. The zero-order chi connectivity index (χ0) is 20.0. The SMILES string of the molecule is CCOc1ccc(NC(=O)[C@@H](Cc2cc(C)cc(C)c2)[C@H](C)C(=O)[O-])cc1. The average molecular weight is 368 g/mol. The van der Waals surface area contributed by atoms with Crippen LogP contribution in [0.3, 0.4) is 0 Å². The Morgan fingerprint density at radius 1 is 1.07 bits per heavy atom. The van der Waals surface area contributed by atoms with Crippen LogP contribution in [0, 0.1) is 25.7 Å². The lowest BCUT2D eigenvalue weighted by atomic mass is 9.86. The summed E-state index contributed by atoms with van der Waals surface area (Å²) in [6.45, 7) is 7.93. The number of hydrogen-bond acceptors (Lipinski definition) is 4. The molecule has 5 nitrogen and oxygen atoms in total. The van der Waals surface area contributed by atoms with Gasteiger partial charge in [-0.15, -0.1) is 0 Å². The van der Waals surface area contributed by atoms with Crippen molar-refractivity contribution < 1.29 is 19.4 Å². The molecule has 0 aliphatic heterocycles. The molecule has 0 aliphatic carbocycles. The van der Waals surface area contributed by atoms with Gasteiger partial charge in [-0.1, -0.05) is 36.2 Å². The molecule has 5 heteroatoms. The van der Waals surface area contributed by atoms with Gasteiger partial charge in [-0.25, -0.2) is 0 Å². The molecule has 144 valence electrons. The number of carboxylic acid groups (broad SMARTS) is 1. The van der Waals surface area contributed by atoms with E-state index in [0.717, 1.165) is 16.7 Å². The zero-order valence-electron chi connectivity index (χ0n) is 16.2. The van der Waals surface area contributed by atoms with Crippen molar-refractivity contribution in [1.29, 1.82) is 0 Å². The first kappa shape index (κ1) is 20.5. The topological polar surface area (TPSA) is 78.5 Å². The molecule has 0 bridgehead atoms. The number of aryl methyl sites for hydroxylation is 2. The predicted molar refractivity (Wildman–Crippen MR) is 104 cm³/mol. The number of aliphatic carboxylic acids is 1. The molecule has 2 aromatic rings. The van der Waals surface area contributed by atoms with Gasteiger partial charge in [0.2, 0.25) is 5.91 Å². The van der Waals surface area contributed by atoms with Gasteiger partial charge in [-0.2, -0.15) is 0 Å². The first-order chi connectivity index (χ1) is 12.8. The molecule has 0 saturated carbocycles. The lowest BCUT2D eigenvalue weighted by Crippen LogP contribution is -2.40. The Labute approximate surface area is 160 Å². The summed E-state index contributed by atoms with van der Waals surface area (Å²) in [5.41, 5.74) is 3.69. The van der Waals surface area contributed by atoms with E-state index in [1.807, 2.05) is 39.0 Å². The fourth-order valence-corrected chi connectivity index (χ4v) is 3.14. The van der Waals surface area contributed by atoms with E-state index in [1.165, 1.54) is 6.92 Å². The summed E-state index contributed by atoms with van der Waals surface area (Å²) >= 11 is 0. The third-order valence-electron chi connectivity index (χ3n) is 4.48. The fraction of sp³-hybridized carbons (Fsp3) is 0.364. The van der Waals surface area contributed by atoms with Gasteiger partial charge in [-0.05, 0) is 57.0 Å². The van der Waals surface area contributed by atoms with Crippen molar-refractivity contribution in [1.82, 2.24) is 0 Å². The van der Waals surface area contributed by atoms with E-state index < -0.39 is 17.8 Å². The summed E-state index contributed by atoms with van der Waals surface area (Å²) < 4.78 is 5.39. The highest BCUT2D eigenvalue weighted by Gasteiger charge is 2.26. The van der Waals surface area contributed by atoms with Gasteiger partial charge in [0, 0.05) is 17.6 Å². The molecule has 2 atom stereocenters. The van der Waals surface area contributed by atoms with Gasteiger partial charge in [0.15, 0.2) is 0 Å². The smallest absolute Gasteiger partial charge is 0.228 e. The highest BCUT2D eigenvalue weighted by molar-refractivity contribution is 5.95. The number of carbonyl (C=O) groups is 2. The summed E-state index contributed by atoms with van der Waals surface area (Å²) in [5, 5.41) is 14.2. The Morgan fingerprint density at radius 3 is 2.19 bits per heavy atom. The first-order valence-electron chi connectivity index (χ1n) is 9.12. The van der Waals surface area contributed by atoms with E-state index in [1.54, 1.807) is 24.3 Å². The molecule has 0 aromatic heterocycles. The number of rotatable bonds is 8. The van der Waals surface area contributed by atoms with E-state index >= 15 is 0 Å². The number of nitrogens with one attached hydrogen (secondary N) is 1. The molecular weight excluding hydrogens is 342 g/mol. The third-order valence-corrected chi connectivity index (χ3v) is 4.48. The molecule has 27 heavy (non-hydrogen) atoms. The van der Waals surface area contributed by atoms with Crippen LogP contribution in [-0.4, -0.2) is 18.5 Å². The van der Waals surface area contributed by atoms with E-state index in [9.17, 15) is 14.7 Å². The average Bonchev–Trinajstić information content (AvgIpc) is 2.60. The summed E-state index contributed by atoms with van der Waals surface area (Å²) in [5.74, 6) is -2.50. The zero-order valence-corrected chi connectivity index (χ0v) is 16.2. The Bertz CT molecular complexity index is 778. The molecule has 0 radical (unpaired) electrons. The summed E-state index contributed by atoms with van der Waals surface area (Å²) in [6, 6.07) is 13.0. The predicted octanol–water partition coefficient (Wildman–Crippen LogP) is 2.89. The molecule has 0 aliphatic rings. The van der Waals surface area contributed by atoms with Gasteiger partial charge in [0.05, 0.1) is 12.5 Å². The standard InChI is InChI=1S/C22H27NO4/c1-5-27-19-8-6-18(7-9-19)23-21(24)20(16(4)22(25)26)13-17-11-14(2)10-15(3)12-17/h6-12,16,20H,5,13H2,1-4H3,(H,23,24)(H,25,26)/p-1/t16-,20-/m0/s1. The Hall–Kier alpha value is -2.82.